The minimum Gasteiger partial charge on any atom is -0.309 e. The molecule has 0 amide bonds. The highest BCUT2D eigenvalue weighted by Gasteiger charge is 2.46. The molecule has 0 N–H and O–H groups in total. The Morgan fingerprint density at radius 2 is 0.667 bits per heavy atom. The Morgan fingerprint density at radius 1 is 0.500 bits per heavy atom. The number of halogens is 2. The van der Waals surface area contributed by atoms with Gasteiger partial charge in [-0.1, -0.05) is 48.9 Å². The van der Waals surface area contributed by atoms with Gasteiger partial charge >= 0.3 is 0 Å². The molecule has 0 aliphatic carbocycles. The van der Waals surface area contributed by atoms with Crippen LogP contribution in [0.5, 0.6) is 0 Å². The number of rotatable bonds is 4. The van der Waals surface area contributed by atoms with Crippen molar-refractivity contribution in [2.24, 2.45) is 0 Å². The van der Waals surface area contributed by atoms with Gasteiger partial charge in [0, 0.05) is 0 Å². The highest BCUT2D eigenvalue weighted by Crippen LogP contribution is 2.38. The van der Waals surface area contributed by atoms with Gasteiger partial charge in [0.05, 0.1) is 16.1 Å². The second-order valence-corrected chi connectivity index (χ2v) is 26.1. The third-order valence-electron chi connectivity index (χ3n) is 2.94. The molecule has 0 radical (unpaired) electrons. The van der Waals surface area contributed by atoms with E-state index in [9.17, 15) is 8.22 Å². The van der Waals surface area contributed by atoms with Crippen LogP contribution in [0.3, 0.4) is 0 Å². The van der Waals surface area contributed by atoms with Gasteiger partial charge in [-0.15, -0.1) is 0 Å². The van der Waals surface area contributed by atoms with Crippen molar-refractivity contribution in [2.45, 2.75) is 65.5 Å². The Bertz CT molecular complexity index is 269. The van der Waals surface area contributed by atoms with E-state index in [1.807, 2.05) is 0 Å². The fourth-order valence-electron chi connectivity index (χ4n) is 3.13. The third kappa shape index (κ3) is 4.86. The fourth-order valence-corrected chi connectivity index (χ4v) is 28.2. The summed E-state index contributed by atoms with van der Waals surface area (Å²) in [6, 6.07) is 0. The third-order valence-corrected chi connectivity index (χ3v) is 18.4. The topological polar surface area (TPSA) is 0 Å². The van der Waals surface area contributed by atoms with E-state index in [2.05, 4.69) is 39.3 Å². The van der Waals surface area contributed by atoms with Crippen LogP contribution in [-0.2, 0) is 0 Å². The summed E-state index contributed by atoms with van der Waals surface area (Å²) in [6.07, 6.45) is 0. The molecule has 18 heavy (non-hydrogen) atoms. The molecule has 0 bridgehead atoms. The maximum atomic E-state index is 14.9. The van der Waals surface area contributed by atoms with Crippen molar-refractivity contribution in [1.29, 1.82) is 0 Å². The Balaban J connectivity index is 6.44. The molecular weight excluding hydrogens is 294 g/mol. The maximum Gasteiger partial charge on any atom is 0.263 e. The van der Waals surface area contributed by atoms with Gasteiger partial charge in [-0.25, -0.2) is 0 Å². The summed E-state index contributed by atoms with van der Waals surface area (Å²) in [7, 11) is -9.49. The van der Waals surface area contributed by atoms with Gasteiger partial charge in [-0.05, 0) is 26.2 Å². The van der Waals surface area contributed by atoms with E-state index >= 15 is 0 Å². The lowest BCUT2D eigenvalue weighted by Crippen LogP contribution is -2.50. The van der Waals surface area contributed by atoms with Crippen LogP contribution in [0, 0.1) is 0 Å². The minimum atomic E-state index is -2.93. The Labute approximate surface area is 116 Å². The van der Waals surface area contributed by atoms with Crippen molar-refractivity contribution in [2.75, 3.05) is 0 Å². The van der Waals surface area contributed by atoms with E-state index in [4.69, 9.17) is 0 Å². The molecule has 0 saturated carbocycles. The molecule has 0 fully saturated rings. The smallest absolute Gasteiger partial charge is 0.263 e. The zero-order valence-corrected chi connectivity index (χ0v) is 17.8. The van der Waals surface area contributed by atoms with Crippen molar-refractivity contribution in [1.82, 2.24) is 0 Å². The average Bonchev–Trinajstić information content (AvgIpc) is 1.89. The van der Waals surface area contributed by atoms with Gasteiger partial charge in [0.2, 0.25) is 0 Å². The standard InChI is InChI=1S/C12H30F2Si4/c1-15(2,3)11(17(7,8)13)12(16(4,5)6)18(9,10)14/h1-10H3/b12-11-. The molecule has 0 aliphatic rings. The molecule has 0 aromatic rings. The lowest BCUT2D eigenvalue weighted by atomic mass is 11.2. The predicted molar refractivity (Wildman–Crippen MR) is 90.9 cm³/mol. The van der Waals surface area contributed by atoms with Crippen molar-refractivity contribution in [3.63, 3.8) is 0 Å². The van der Waals surface area contributed by atoms with E-state index in [1.165, 1.54) is 0 Å². The molecular formula is C12H30F2Si4. The molecule has 0 saturated heterocycles. The highest BCUT2D eigenvalue weighted by atomic mass is 28.4. The lowest BCUT2D eigenvalue weighted by molar-refractivity contribution is 0.805. The zero-order valence-electron chi connectivity index (χ0n) is 13.8. The van der Waals surface area contributed by atoms with E-state index in [-0.39, 0.29) is 0 Å². The summed E-state index contributed by atoms with van der Waals surface area (Å²) >= 11 is 0. The Hall–Kier alpha value is 0.468. The molecule has 0 aliphatic heterocycles. The van der Waals surface area contributed by atoms with Crippen LogP contribution in [0.4, 0.5) is 8.22 Å². The van der Waals surface area contributed by atoms with E-state index in [0.29, 0.717) is 0 Å². The first-order valence-electron chi connectivity index (χ1n) is 6.63. The molecule has 0 heterocycles. The van der Waals surface area contributed by atoms with Crippen LogP contribution in [0.2, 0.25) is 65.5 Å². The number of hydrogen-bond acceptors (Lipinski definition) is 0. The van der Waals surface area contributed by atoms with Crippen molar-refractivity contribution < 1.29 is 8.22 Å². The summed E-state index contributed by atoms with van der Waals surface area (Å²) in [5.74, 6) is 0. The summed E-state index contributed by atoms with van der Waals surface area (Å²) in [6.45, 7) is 19.9. The van der Waals surface area contributed by atoms with Gasteiger partial charge in [-0.3, -0.25) is 0 Å². The van der Waals surface area contributed by atoms with Crippen LogP contribution in [-0.4, -0.2) is 33.0 Å². The quantitative estimate of drug-likeness (QED) is 0.475. The van der Waals surface area contributed by atoms with Crippen molar-refractivity contribution >= 4 is 33.0 Å². The predicted octanol–water partition coefficient (Wildman–Crippen LogP) is 5.47. The van der Waals surface area contributed by atoms with Gasteiger partial charge < -0.3 is 8.22 Å². The minimum absolute atomic E-state index is 0.980. The van der Waals surface area contributed by atoms with E-state index < -0.39 is 33.0 Å². The summed E-state index contributed by atoms with van der Waals surface area (Å²) in [4.78, 5) is 1.96. The molecule has 0 nitrogen and oxygen atoms in total. The second kappa shape index (κ2) is 5.10. The van der Waals surface area contributed by atoms with Crippen molar-refractivity contribution in [3.8, 4) is 0 Å². The molecule has 0 aromatic heterocycles. The van der Waals surface area contributed by atoms with Gasteiger partial charge in [0.25, 0.3) is 16.8 Å². The van der Waals surface area contributed by atoms with Gasteiger partial charge in [-0.2, -0.15) is 0 Å². The average molecular weight is 325 g/mol. The lowest BCUT2D eigenvalue weighted by Gasteiger charge is -2.39. The first-order valence-corrected chi connectivity index (χ1v) is 19.4. The first kappa shape index (κ1) is 18.5. The molecule has 0 rings (SSSR count). The fraction of sp³-hybridized carbons (Fsp3) is 0.833. The van der Waals surface area contributed by atoms with Gasteiger partial charge in [0.15, 0.2) is 0 Å². The van der Waals surface area contributed by atoms with Gasteiger partial charge in [0.1, 0.15) is 0 Å². The Morgan fingerprint density at radius 3 is 0.722 bits per heavy atom. The van der Waals surface area contributed by atoms with E-state index in [0.717, 1.165) is 9.64 Å². The SMILES string of the molecule is C[Si](C)(C)/C(=C(\[Si](C)(C)C)[Si](C)(C)F)[Si](C)(C)F. The molecule has 0 atom stereocenters. The van der Waals surface area contributed by atoms with Crippen LogP contribution in [0.25, 0.3) is 0 Å². The highest BCUT2D eigenvalue weighted by molar-refractivity contribution is 7.11. The van der Waals surface area contributed by atoms with Crippen LogP contribution in [0.15, 0.2) is 9.64 Å². The largest absolute Gasteiger partial charge is 0.309 e. The maximum absolute atomic E-state index is 14.9. The molecule has 108 valence electrons. The summed E-state index contributed by atoms with van der Waals surface area (Å²) < 4.78 is 29.7. The molecule has 0 spiro atoms. The van der Waals surface area contributed by atoms with Crippen LogP contribution in [0.1, 0.15) is 0 Å². The number of hydrogen-bond donors (Lipinski definition) is 0. The van der Waals surface area contributed by atoms with Crippen molar-refractivity contribution in [3.05, 3.63) is 9.64 Å². The second-order valence-electron chi connectivity index (χ2n) is 8.19. The summed E-state index contributed by atoms with van der Waals surface area (Å²) in [5, 5.41) is 0. The van der Waals surface area contributed by atoms with Crippen LogP contribution >= 0.6 is 0 Å². The summed E-state index contributed by atoms with van der Waals surface area (Å²) in [5.41, 5.74) is 0. The van der Waals surface area contributed by atoms with Crippen LogP contribution < -0.4 is 0 Å². The normalized spacial score (nSPS) is 16.7. The first-order chi connectivity index (χ1) is 7.49. The van der Waals surface area contributed by atoms with E-state index in [1.54, 1.807) is 26.2 Å². The Kier molecular flexibility index (Phi) is 5.24. The zero-order chi connectivity index (χ0) is 15.2. The molecule has 0 aromatic carbocycles. The molecule has 6 heteroatoms. The monoisotopic (exact) mass is 324 g/mol. The molecule has 0 unspecified atom stereocenters.